The summed E-state index contributed by atoms with van der Waals surface area (Å²) < 4.78 is 19.3. The monoisotopic (exact) mass is 789 g/mol. The Hall–Kier alpha value is -2.49. The Morgan fingerprint density at radius 1 is 1.12 bits per heavy atom. The average Bonchev–Trinajstić information content (AvgIpc) is 3.57. The molecular formula is C37H48IN3O8. The number of ketones is 2. The number of benzene rings is 1. The number of Topliss-reactive ketones (excluding diaryl/α,β-unsaturated/α-hetero) is 1. The Morgan fingerprint density at radius 3 is 2.45 bits per heavy atom. The van der Waals surface area contributed by atoms with E-state index in [1.165, 1.54) is 0 Å². The summed E-state index contributed by atoms with van der Waals surface area (Å²) in [7, 11) is 1.71. The van der Waals surface area contributed by atoms with Crippen LogP contribution < -0.4 is 16.4 Å². The molecule has 4 fully saturated rings. The molecule has 1 aromatic rings. The van der Waals surface area contributed by atoms with Crippen LogP contribution in [0.4, 0.5) is 5.69 Å². The molecule has 11 atom stereocenters. The second-order valence-corrected chi connectivity index (χ2v) is 17.0. The van der Waals surface area contributed by atoms with Crippen molar-refractivity contribution in [1.29, 1.82) is 0 Å². The molecule has 1 saturated heterocycles. The minimum Gasteiger partial charge on any atom is -0.388 e. The average molecular weight is 790 g/mol. The maximum absolute atomic E-state index is 14.0. The molecule has 12 heteroatoms. The summed E-state index contributed by atoms with van der Waals surface area (Å²) >= 11 is 2.59. The Bertz CT molecular complexity index is 1600. The van der Waals surface area contributed by atoms with Gasteiger partial charge < -0.3 is 35.7 Å². The first-order valence-corrected chi connectivity index (χ1v) is 18.3. The predicted octanol–water partition coefficient (Wildman–Crippen LogP) is 3.93. The van der Waals surface area contributed by atoms with E-state index in [1.54, 1.807) is 50.5 Å². The number of nitrogens with two attached hydrogens (primary N) is 1. The molecule has 6 rings (SSSR count). The van der Waals surface area contributed by atoms with E-state index in [9.17, 15) is 24.3 Å². The largest absolute Gasteiger partial charge is 0.388 e. The van der Waals surface area contributed by atoms with Gasteiger partial charge >= 0.3 is 0 Å². The van der Waals surface area contributed by atoms with Gasteiger partial charge in [-0.2, -0.15) is 0 Å². The molecule has 1 aromatic carbocycles. The van der Waals surface area contributed by atoms with Crippen molar-refractivity contribution in [2.75, 3.05) is 19.0 Å². The number of carbonyl (C=O) groups excluding carboxylic acids is 4. The van der Waals surface area contributed by atoms with Gasteiger partial charge in [-0.3, -0.25) is 19.2 Å². The predicted molar refractivity (Wildman–Crippen MR) is 190 cm³/mol. The van der Waals surface area contributed by atoms with Crippen LogP contribution in [0.25, 0.3) is 0 Å². The van der Waals surface area contributed by atoms with Gasteiger partial charge in [-0.1, -0.05) is 74.1 Å². The summed E-state index contributed by atoms with van der Waals surface area (Å²) in [6.45, 7) is 8.89. The molecule has 0 aromatic heterocycles. The zero-order valence-corrected chi connectivity index (χ0v) is 31.1. The number of hydrogen-bond acceptors (Lipinski definition) is 9. The number of anilines is 1. The summed E-state index contributed by atoms with van der Waals surface area (Å²) in [5, 5.41) is 15.8. The second kappa shape index (κ2) is 12.9. The van der Waals surface area contributed by atoms with Crippen molar-refractivity contribution < 1.29 is 38.5 Å². The summed E-state index contributed by atoms with van der Waals surface area (Å²) in [4.78, 5) is 51.5. The Labute approximate surface area is 301 Å². The third-order valence-electron chi connectivity index (χ3n) is 12.4. The third-order valence-corrected chi connectivity index (χ3v) is 15.0. The lowest BCUT2D eigenvalue weighted by molar-refractivity contribution is -0.197. The van der Waals surface area contributed by atoms with Crippen LogP contribution in [0.5, 0.6) is 0 Å². The maximum Gasteiger partial charge on any atom is 0.246 e. The fourth-order valence-corrected chi connectivity index (χ4v) is 11.3. The van der Waals surface area contributed by atoms with Crippen LogP contribution in [0.3, 0.4) is 0 Å². The number of nitrogens with one attached hydrogen (secondary N) is 2. The Morgan fingerprint density at radius 2 is 1.82 bits per heavy atom. The van der Waals surface area contributed by atoms with E-state index in [0.29, 0.717) is 24.1 Å². The van der Waals surface area contributed by atoms with E-state index in [-0.39, 0.29) is 33.1 Å². The number of alkyl halides is 1. The molecule has 266 valence electrons. The molecule has 1 aliphatic heterocycles. The lowest BCUT2D eigenvalue weighted by atomic mass is 9.46. The molecule has 11 nitrogen and oxygen atoms in total. The van der Waals surface area contributed by atoms with Crippen molar-refractivity contribution in [3.63, 3.8) is 0 Å². The highest BCUT2D eigenvalue weighted by molar-refractivity contribution is 14.1. The first-order chi connectivity index (χ1) is 23.1. The van der Waals surface area contributed by atoms with Crippen LogP contribution in [0, 0.1) is 28.6 Å². The van der Waals surface area contributed by atoms with Crippen molar-refractivity contribution in [1.82, 2.24) is 5.32 Å². The summed E-state index contributed by atoms with van der Waals surface area (Å²) in [5.41, 5.74) is 5.72. The number of allylic oxidation sites excluding steroid dienone is 4. The van der Waals surface area contributed by atoms with Crippen LogP contribution in [0.1, 0.15) is 72.2 Å². The quantitative estimate of drug-likeness (QED) is 0.214. The maximum atomic E-state index is 14.0. The highest BCUT2D eigenvalue weighted by atomic mass is 127. The van der Waals surface area contributed by atoms with Crippen molar-refractivity contribution in [3.05, 3.63) is 53.6 Å². The molecule has 49 heavy (non-hydrogen) atoms. The van der Waals surface area contributed by atoms with Gasteiger partial charge in [0.25, 0.3) is 0 Å². The highest BCUT2D eigenvalue weighted by Gasteiger charge is 2.78. The van der Waals surface area contributed by atoms with E-state index < -0.39 is 65.1 Å². The van der Waals surface area contributed by atoms with Crippen LogP contribution in [-0.2, 0) is 33.4 Å². The summed E-state index contributed by atoms with van der Waals surface area (Å²) in [5.74, 6) is -1.07. The van der Waals surface area contributed by atoms with Gasteiger partial charge in [-0.25, -0.2) is 0 Å². The number of carbonyl (C=O) groups is 4. The molecule has 3 saturated carbocycles. The molecule has 5 N–H and O–H groups in total. The number of amides is 2. The minimum absolute atomic E-state index is 0.0112. The smallest absolute Gasteiger partial charge is 0.246 e. The lowest BCUT2D eigenvalue weighted by Crippen LogP contribution is -2.69. The third kappa shape index (κ3) is 5.38. The van der Waals surface area contributed by atoms with Crippen LogP contribution in [0.15, 0.2) is 48.1 Å². The van der Waals surface area contributed by atoms with E-state index >= 15 is 0 Å². The Balaban J connectivity index is 1.23. The number of halogens is 1. The van der Waals surface area contributed by atoms with E-state index in [4.69, 9.17) is 19.9 Å². The number of ether oxygens (including phenoxy) is 3. The van der Waals surface area contributed by atoms with Gasteiger partial charge in [-0.05, 0) is 74.6 Å². The molecule has 5 aliphatic rings. The first-order valence-electron chi connectivity index (χ1n) is 17.2. The fourth-order valence-electron chi connectivity index (χ4n) is 9.59. The van der Waals surface area contributed by atoms with E-state index in [2.05, 4.69) is 53.1 Å². The first kappa shape index (κ1) is 36.3. The lowest BCUT2D eigenvalue weighted by Gasteiger charge is -2.65. The molecule has 0 bridgehead atoms. The number of hydrogen-bond donors (Lipinski definition) is 4. The number of aliphatic hydroxyl groups is 1. The molecular weight excluding hydrogens is 741 g/mol. The summed E-state index contributed by atoms with van der Waals surface area (Å²) in [6.07, 6.45) is 6.50. The van der Waals surface area contributed by atoms with Crippen LogP contribution in [0.2, 0.25) is 0 Å². The van der Waals surface area contributed by atoms with Crippen molar-refractivity contribution in [3.8, 4) is 0 Å². The standard InChI is InChI=1S/C37H48IN3O8/c1-19(2)30(39)32(46)40-20(3)31(45)41-23-10-7-21(8-11-23)33-48-28-16-26-25-12-9-22-15-24(43)13-14-34(22,4)36(25,38)29(47-6)17-35(26,5)37(28,49-33)27(44)18-42/h7-8,10-11,13-15,19-20,25-26,28-30,33,42H,9,12,16-18,39H2,1-6H3,(H,40,46)(H,41,45)/t20-,25-,26-,28+,29-,30-,33+,34-,35-,36-,37+/m0/s1. The minimum atomic E-state index is -1.39. The van der Waals surface area contributed by atoms with Crippen molar-refractivity contribution in [2.24, 2.45) is 34.3 Å². The highest BCUT2D eigenvalue weighted by Crippen LogP contribution is 2.74. The number of rotatable bonds is 9. The second-order valence-electron chi connectivity index (χ2n) is 15.2. The van der Waals surface area contributed by atoms with Crippen molar-refractivity contribution >= 4 is 51.7 Å². The van der Waals surface area contributed by atoms with Crippen LogP contribution in [-0.4, -0.2) is 75.5 Å². The van der Waals surface area contributed by atoms with Gasteiger partial charge in [0, 0.05) is 29.2 Å². The van der Waals surface area contributed by atoms with Crippen LogP contribution >= 0.6 is 22.6 Å². The van der Waals surface area contributed by atoms with Crippen molar-refractivity contribution in [2.45, 2.75) is 99.9 Å². The Kier molecular flexibility index (Phi) is 9.58. The van der Waals surface area contributed by atoms with E-state index in [0.717, 1.165) is 18.4 Å². The molecule has 1 heterocycles. The van der Waals surface area contributed by atoms with Gasteiger partial charge in [0.2, 0.25) is 11.8 Å². The topological polar surface area (TPSA) is 166 Å². The zero-order chi connectivity index (χ0) is 35.7. The molecule has 2 amide bonds. The summed E-state index contributed by atoms with van der Waals surface area (Å²) in [6, 6.07) is 5.48. The fraction of sp³-hybridized carbons (Fsp3) is 0.622. The zero-order valence-electron chi connectivity index (χ0n) is 29.0. The molecule has 0 radical (unpaired) electrons. The van der Waals surface area contributed by atoms with Gasteiger partial charge in [-0.15, -0.1) is 0 Å². The molecule has 0 unspecified atom stereocenters. The number of aliphatic hydroxyl groups excluding tert-OH is 1. The van der Waals surface area contributed by atoms with Gasteiger partial charge in [0.1, 0.15) is 12.6 Å². The van der Waals surface area contributed by atoms with Gasteiger partial charge in [0.15, 0.2) is 23.5 Å². The van der Waals surface area contributed by atoms with Gasteiger partial charge in [0.05, 0.1) is 21.7 Å². The molecule has 4 aliphatic carbocycles. The van der Waals surface area contributed by atoms with E-state index in [1.807, 2.05) is 13.8 Å². The molecule has 0 spiro atoms. The normalized spacial score (nSPS) is 38.9. The SMILES string of the molecule is CO[C@H]1C[C@@]2(C)[C@@H](C[C@H]3O[C@@H](c4ccc(NC(=O)[C@H](C)NC(=O)[C@@H](N)C(C)C)cc4)O[C@]32C(=O)CO)[C@@H]2CCC3=CC(=O)C=C[C@]3(C)[C@@]12I. The number of methoxy groups -OCH3 is 1. The number of fused-ring (bicyclic) bond motifs is 7.